The molecule has 0 bridgehead atoms. The molecule has 0 fully saturated rings. The lowest BCUT2D eigenvalue weighted by atomic mass is 10.0. The smallest absolute Gasteiger partial charge is 0.253 e. The van der Waals surface area contributed by atoms with Crippen molar-refractivity contribution in [1.82, 2.24) is 4.90 Å². The summed E-state index contributed by atoms with van der Waals surface area (Å²) in [5.74, 6) is 0.00723. The van der Waals surface area contributed by atoms with Crippen molar-refractivity contribution in [1.29, 1.82) is 0 Å². The molecule has 0 aromatic heterocycles. The molecule has 4 heteroatoms. The summed E-state index contributed by atoms with van der Waals surface area (Å²) in [5, 5.41) is 0. The lowest BCUT2D eigenvalue weighted by Crippen LogP contribution is -2.44. The highest BCUT2D eigenvalue weighted by atomic mass is 16.5. The van der Waals surface area contributed by atoms with E-state index >= 15 is 0 Å². The number of ether oxygens (including phenoxy) is 1. The molecule has 0 spiro atoms. The summed E-state index contributed by atoms with van der Waals surface area (Å²) in [6.07, 6.45) is 1.30. The molecule has 0 aliphatic carbocycles. The van der Waals surface area contributed by atoms with Crippen LogP contribution in [0.25, 0.3) is 0 Å². The average molecular weight is 248 g/mol. The number of hydrogen-bond donors (Lipinski definition) is 1. The maximum atomic E-state index is 12.2. The number of nitrogens with zero attached hydrogens (tertiary/aromatic N) is 1. The first kappa shape index (κ1) is 13.1. The van der Waals surface area contributed by atoms with Gasteiger partial charge in [0.25, 0.3) is 5.91 Å². The van der Waals surface area contributed by atoms with Gasteiger partial charge in [0, 0.05) is 26.7 Å². The molecule has 1 unspecified atom stereocenters. The maximum Gasteiger partial charge on any atom is 0.253 e. The summed E-state index contributed by atoms with van der Waals surface area (Å²) >= 11 is 0. The van der Waals surface area contributed by atoms with Gasteiger partial charge in [-0.1, -0.05) is 24.3 Å². The van der Waals surface area contributed by atoms with Crippen molar-refractivity contribution in [3.8, 4) is 0 Å². The van der Waals surface area contributed by atoms with Gasteiger partial charge in [-0.25, -0.2) is 0 Å². The predicted octanol–water partition coefficient (Wildman–Crippen LogP) is 0.588. The van der Waals surface area contributed by atoms with Crippen molar-refractivity contribution in [3.05, 3.63) is 35.4 Å². The Balaban J connectivity index is 2.06. The number of nitrogens with two attached hydrogens (primary N) is 1. The average Bonchev–Trinajstić information content (AvgIpc) is 2.62. The van der Waals surface area contributed by atoms with E-state index in [0.717, 1.165) is 25.9 Å². The van der Waals surface area contributed by atoms with Gasteiger partial charge in [-0.05, 0) is 24.0 Å². The summed E-state index contributed by atoms with van der Waals surface area (Å²) in [6, 6.07) is 8.38. The summed E-state index contributed by atoms with van der Waals surface area (Å²) in [5.41, 5.74) is 8.23. The third kappa shape index (κ3) is 2.71. The second kappa shape index (κ2) is 5.98. The highest BCUT2D eigenvalue weighted by Crippen LogP contribution is 2.16. The van der Waals surface area contributed by atoms with Crippen LogP contribution in [0.3, 0.4) is 0 Å². The SMILES string of the molecule is COC(CN)C(=O)N1CCc2ccccc2CC1. The summed E-state index contributed by atoms with van der Waals surface area (Å²) < 4.78 is 5.12. The first-order valence-corrected chi connectivity index (χ1v) is 6.34. The van der Waals surface area contributed by atoms with E-state index in [1.165, 1.54) is 18.2 Å². The summed E-state index contributed by atoms with van der Waals surface area (Å²) in [7, 11) is 1.53. The van der Waals surface area contributed by atoms with Crippen LogP contribution in [0.4, 0.5) is 0 Å². The maximum absolute atomic E-state index is 12.2. The zero-order valence-electron chi connectivity index (χ0n) is 10.8. The van der Waals surface area contributed by atoms with Gasteiger partial charge in [0.15, 0.2) is 0 Å². The number of rotatable bonds is 3. The molecule has 0 saturated heterocycles. The first-order chi connectivity index (χ1) is 8.76. The van der Waals surface area contributed by atoms with Crippen molar-refractivity contribution >= 4 is 5.91 Å². The number of benzene rings is 1. The van der Waals surface area contributed by atoms with E-state index in [9.17, 15) is 4.79 Å². The van der Waals surface area contributed by atoms with Gasteiger partial charge >= 0.3 is 0 Å². The molecular weight excluding hydrogens is 228 g/mol. The molecule has 1 aromatic rings. The second-order valence-electron chi connectivity index (χ2n) is 4.55. The molecule has 18 heavy (non-hydrogen) atoms. The van der Waals surface area contributed by atoms with Gasteiger partial charge in [-0.3, -0.25) is 4.79 Å². The third-order valence-corrected chi connectivity index (χ3v) is 3.51. The zero-order chi connectivity index (χ0) is 13.0. The van der Waals surface area contributed by atoms with E-state index in [1.54, 1.807) is 0 Å². The van der Waals surface area contributed by atoms with Crippen LogP contribution in [0.15, 0.2) is 24.3 Å². The normalized spacial score (nSPS) is 16.9. The molecule has 0 saturated carbocycles. The Morgan fingerprint density at radius 1 is 1.33 bits per heavy atom. The minimum Gasteiger partial charge on any atom is -0.370 e. The molecule has 1 aromatic carbocycles. The topological polar surface area (TPSA) is 55.6 Å². The number of carbonyl (C=O) groups is 1. The van der Waals surface area contributed by atoms with Crippen molar-refractivity contribution in [2.24, 2.45) is 5.73 Å². The second-order valence-corrected chi connectivity index (χ2v) is 4.55. The fourth-order valence-electron chi connectivity index (χ4n) is 2.39. The predicted molar refractivity (Wildman–Crippen MR) is 70.3 cm³/mol. The highest BCUT2D eigenvalue weighted by Gasteiger charge is 2.24. The molecular formula is C14H20N2O2. The summed E-state index contributed by atoms with van der Waals surface area (Å²) in [6.45, 7) is 1.73. The zero-order valence-corrected chi connectivity index (χ0v) is 10.8. The van der Waals surface area contributed by atoms with Crippen LogP contribution in [0.5, 0.6) is 0 Å². The van der Waals surface area contributed by atoms with Gasteiger partial charge in [-0.2, -0.15) is 0 Å². The monoisotopic (exact) mass is 248 g/mol. The molecule has 1 aliphatic rings. The van der Waals surface area contributed by atoms with Crippen molar-refractivity contribution in [3.63, 3.8) is 0 Å². The van der Waals surface area contributed by atoms with Crippen LogP contribution in [0.1, 0.15) is 11.1 Å². The van der Waals surface area contributed by atoms with Crippen LogP contribution in [0.2, 0.25) is 0 Å². The van der Waals surface area contributed by atoms with Gasteiger partial charge in [0.2, 0.25) is 0 Å². The van der Waals surface area contributed by atoms with Gasteiger partial charge in [0.1, 0.15) is 6.10 Å². The van der Waals surface area contributed by atoms with Gasteiger partial charge in [0.05, 0.1) is 0 Å². The molecule has 2 N–H and O–H groups in total. The lowest BCUT2D eigenvalue weighted by Gasteiger charge is -2.24. The Morgan fingerprint density at radius 3 is 2.33 bits per heavy atom. The number of fused-ring (bicyclic) bond motifs is 1. The van der Waals surface area contributed by atoms with Gasteiger partial charge < -0.3 is 15.4 Å². The van der Waals surface area contributed by atoms with E-state index in [2.05, 4.69) is 12.1 Å². The van der Waals surface area contributed by atoms with Crippen LogP contribution in [-0.2, 0) is 22.4 Å². The Hall–Kier alpha value is -1.39. The van der Waals surface area contributed by atoms with Crippen molar-refractivity contribution in [2.75, 3.05) is 26.7 Å². The number of carbonyl (C=O) groups excluding carboxylic acids is 1. The lowest BCUT2D eigenvalue weighted by molar-refractivity contribution is -0.141. The standard InChI is InChI=1S/C14H20N2O2/c1-18-13(10-15)14(17)16-8-6-11-4-2-3-5-12(11)7-9-16/h2-5,13H,6-10,15H2,1H3. The molecule has 4 nitrogen and oxygen atoms in total. The number of hydrogen-bond acceptors (Lipinski definition) is 3. The van der Waals surface area contributed by atoms with Crippen LogP contribution in [-0.4, -0.2) is 43.7 Å². The van der Waals surface area contributed by atoms with Crippen LogP contribution >= 0.6 is 0 Å². The molecule has 2 rings (SSSR count). The Labute approximate surface area is 108 Å². The van der Waals surface area contributed by atoms with E-state index < -0.39 is 6.10 Å². The number of methoxy groups -OCH3 is 1. The molecule has 1 atom stereocenters. The first-order valence-electron chi connectivity index (χ1n) is 6.34. The van der Waals surface area contributed by atoms with Crippen LogP contribution < -0.4 is 5.73 Å². The molecule has 1 aliphatic heterocycles. The Bertz CT molecular complexity index is 389. The third-order valence-electron chi connectivity index (χ3n) is 3.51. The highest BCUT2D eigenvalue weighted by molar-refractivity contribution is 5.81. The number of amides is 1. The van der Waals surface area contributed by atoms with Crippen molar-refractivity contribution in [2.45, 2.75) is 18.9 Å². The minimum absolute atomic E-state index is 0.00723. The minimum atomic E-state index is -0.508. The van der Waals surface area contributed by atoms with E-state index in [4.69, 9.17) is 10.5 Å². The van der Waals surface area contributed by atoms with E-state index in [1.807, 2.05) is 17.0 Å². The summed E-state index contributed by atoms with van der Waals surface area (Å²) in [4.78, 5) is 14.0. The largest absolute Gasteiger partial charge is 0.370 e. The van der Waals surface area contributed by atoms with Crippen molar-refractivity contribution < 1.29 is 9.53 Å². The quantitative estimate of drug-likeness (QED) is 0.851. The molecule has 0 radical (unpaired) electrons. The van der Waals surface area contributed by atoms with Gasteiger partial charge in [-0.15, -0.1) is 0 Å². The van der Waals surface area contributed by atoms with E-state index in [-0.39, 0.29) is 12.5 Å². The van der Waals surface area contributed by atoms with E-state index in [0.29, 0.717) is 0 Å². The Kier molecular flexibility index (Phi) is 4.33. The van der Waals surface area contributed by atoms with Crippen LogP contribution in [0, 0.1) is 0 Å². The molecule has 98 valence electrons. The Morgan fingerprint density at radius 2 is 1.89 bits per heavy atom. The molecule has 1 heterocycles. The fourth-order valence-corrected chi connectivity index (χ4v) is 2.39. The fraction of sp³-hybridized carbons (Fsp3) is 0.500. The molecule has 1 amide bonds.